The van der Waals surface area contributed by atoms with Gasteiger partial charge < -0.3 is 14.6 Å². The van der Waals surface area contributed by atoms with Crippen LogP contribution in [0.25, 0.3) is 0 Å². The van der Waals surface area contributed by atoms with E-state index in [0.29, 0.717) is 13.2 Å². The number of ether oxygens (including phenoxy) is 2. The lowest BCUT2D eigenvalue weighted by atomic mass is 10.2. The maximum atomic E-state index is 10.7. The molecule has 1 fully saturated rings. The second-order valence-electron chi connectivity index (χ2n) is 4.08. The Morgan fingerprint density at radius 3 is 3.06 bits per heavy atom. The van der Waals surface area contributed by atoms with E-state index in [2.05, 4.69) is 6.58 Å². The summed E-state index contributed by atoms with van der Waals surface area (Å²) < 4.78 is 10.3. The van der Waals surface area contributed by atoms with Crippen molar-refractivity contribution in [2.24, 2.45) is 0 Å². The molecule has 16 heavy (non-hydrogen) atoms. The molecule has 5 heteroatoms. The summed E-state index contributed by atoms with van der Waals surface area (Å²) in [7, 11) is -0.666. The minimum absolute atomic E-state index is 0.380. The summed E-state index contributed by atoms with van der Waals surface area (Å²) in [5, 5.41) is 10.0. The zero-order valence-corrected chi connectivity index (χ0v) is 11.0. The summed E-state index contributed by atoms with van der Waals surface area (Å²) in [6.45, 7) is 4.40. The minimum Gasteiger partial charge on any atom is -0.463 e. The molecule has 0 bridgehead atoms. The Morgan fingerprint density at radius 2 is 2.44 bits per heavy atom. The SMILES string of the molecule is C=CC(=O)OCCC[SiH2]C1(O)CCCCO1. The van der Waals surface area contributed by atoms with Crippen molar-refractivity contribution >= 4 is 15.5 Å². The second-order valence-corrected chi connectivity index (χ2v) is 6.39. The largest absolute Gasteiger partial charge is 0.463 e. The standard InChI is InChI=1S/C11H20O4Si/c1-2-10(12)14-7-5-9-16-11(13)6-3-4-8-15-11/h2,13H,1,3-9,16H2. The normalized spacial score (nSPS) is 25.8. The molecule has 0 saturated carbocycles. The van der Waals surface area contributed by atoms with E-state index in [1.54, 1.807) is 0 Å². The summed E-state index contributed by atoms with van der Waals surface area (Å²) in [5.41, 5.74) is -0.805. The van der Waals surface area contributed by atoms with Gasteiger partial charge in [-0.05, 0) is 25.7 Å². The molecule has 1 N–H and O–H groups in total. The van der Waals surface area contributed by atoms with Crippen molar-refractivity contribution in [3.63, 3.8) is 0 Å². The second kappa shape index (κ2) is 6.83. The number of carbonyl (C=O) groups excluding carboxylic acids is 1. The first-order valence-corrected chi connectivity index (χ1v) is 7.52. The number of hydrogen-bond donors (Lipinski definition) is 1. The van der Waals surface area contributed by atoms with E-state index in [4.69, 9.17) is 9.47 Å². The molecule has 4 nitrogen and oxygen atoms in total. The molecule has 1 heterocycles. The Labute approximate surface area is 98.5 Å². The Morgan fingerprint density at radius 1 is 1.62 bits per heavy atom. The van der Waals surface area contributed by atoms with Crippen LogP contribution < -0.4 is 0 Å². The van der Waals surface area contributed by atoms with Gasteiger partial charge in [-0.15, -0.1) is 0 Å². The molecule has 1 aliphatic rings. The molecule has 0 aromatic rings. The van der Waals surface area contributed by atoms with E-state index in [9.17, 15) is 9.90 Å². The zero-order valence-electron chi connectivity index (χ0n) is 9.61. The van der Waals surface area contributed by atoms with Crippen LogP contribution in [0.15, 0.2) is 12.7 Å². The van der Waals surface area contributed by atoms with Crippen LogP contribution >= 0.6 is 0 Å². The molecule has 0 radical (unpaired) electrons. The van der Waals surface area contributed by atoms with Crippen molar-refractivity contribution < 1.29 is 19.4 Å². The Kier molecular flexibility index (Phi) is 5.72. The van der Waals surface area contributed by atoms with E-state index < -0.39 is 14.9 Å². The fraction of sp³-hybridized carbons (Fsp3) is 0.727. The van der Waals surface area contributed by atoms with Crippen molar-refractivity contribution in [1.82, 2.24) is 0 Å². The van der Waals surface area contributed by atoms with Gasteiger partial charge in [0, 0.05) is 12.7 Å². The molecular formula is C11H20O4Si. The zero-order chi connectivity index (χ0) is 11.9. The topological polar surface area (TPSA) is 55.8 Å². The van der Waals surface area contributed by atoms with Crippen LogP contribution in [0.2, 0.25) is 6.04 Å². The van der Waals surface area contributed by atoms with Gasteiger partial charge in [-0.2, -0.15) is 0 Å². The summed E-state index contributed by atoms with van der Waals surface area (Å²) in [6.07, 6.45) is 4.83. The van der Waals surface area contributed by atoms with Gasteiger partial charge in [-0.3, -0.25) is 0 Å². The molecule has 1 atom stereocenters. The fourth-order valence-electron chi connectivity index (χ4n) is 1.77. The van der Waals surface area contributed by atoms with Gasteiger partial charge in [-0.25, -0.2) is 4.79 Å². The summed E-state index contributed by atoms with van der Waals surface area (Å²) in [5.74, 6) is -0.380. The van der Waals surface area contributed by atoms with E-state index in [1.807, 2.05) is 0 Å². The first-order valence-electron chi connectivity index (χ1n) is 5.82. The molecule has 0 amide bonds. The number of aliphatic hydroxyl groups is 1. The highest BCUT2D eigenvalue weighted by Gasteiger charge is 2.29. The number of esters is 1. The molecule has 1 rings (SSSR count). The number of carbonyl (C=O) groups is 1. The average molecular weight is 244 g/mol. The summed E-state index contributed by atoms with van der Waals surface area (Å²) in [4.78, 5) is 10.7. The van der Waals surface area contributed by atoms with Gasteiger partial charge in [-0.1, -0.05) is 12.6 Å². The van der Waals surface area contributed by atoms with Crippen LogP contribution in [0.5, 0.6) is 0 Å². The van der Waals surface area contributed by atoms with Crippen molar-refractivity contribution in [3.8, 4) is 0 Å². The van der Waals surface area contributed by atoms with Crippen molar-refractivity contribution in [2.75, 3.05) is 13.2 Å². The van der Waals surface area contributed by atoms with Crippen LogP contribution in [0, 0.1) is 0 Å². The average Bonchev–Trinajstić information content (AvgIpc) is 2.29. The van der Waals surface area contributed by atoms with Crippen LogP contribution in [0.4, 0.5) is 0 Å². The van der Waals surface area contributed by atoms with Gasteiger partial charge in [0.1, 0.15) is 5.41 Å². The van der Waals surface area contributed by atoms with Crippen molar-refractivity contribution in [1.29, 1.82) is 0 Å². The van der Waals surface area contributed by atoms with E-state index in [1.165, 1.54) is 0 Å². The Bertz CT molecular complexity index is 236. The predicted octanol–water partition coefficient (Wildman–Crippen LogP) is 0.539. The smallest absolute Gasteiger partial charge is 0.330 e. The highest BCUT2D eigenvalue weighted by atomic mass is 28.2. The maximum Gasteiger partial charge on any atom is 0.330 e. The highest BCUT2D eigenvalue weighted by molar-refractivity contribution is 6.38. The van der Waals surface area contributed by atoms with Gasteiger partial charge in [0.05, 0.1) is 16.1 Å². The summed E-state index contributed by atoms with van der Waals surface area (Å²) >= 11 is 0. The lowest BCUT2D eigenvalue weighted by Gasteiger charge is -2.32. The molecule has 0 spiro atoms. The monoisotopic (exact) mass is 244 g/mol. The molecule has 1 unspecified atom stereocenters. The van der Waals surface area contributed by atoms with Crippen molar-refractivity contribution in [3.05, 3.63) is 12.7 Å². The first-order chi connectivity index (χ1) is 7.66. The van der Waals surface area contributed by atoms with Gasteiger partial charge >= 0.3 is 5.97 Å². The third kappa shape index (κ3) is 4.91. The van der Waals surface area contributed by atoms with E-state index in [0.717, 1.165) is 37.8 Å². The van der Waals surface area contributed by atoms with E-state index in [-0.39, 0.29) is 5.97 Å². The highest BCUT2D eigenvalue weighted by Crippen LogP contribution is 2.22. The number of hydrogen-bond acceptors (Lipinski definition) is 4. The summed E-state index contributed by atoms with van der Waals surface area (Å²) in [6, 6.07) is 0.931. The van der Waals surface area contributed by atoms with Crippen LogP contribution in [0.3, 0.4) is 0 Å². The third-order valence-electron chi connectivity index (χ3n) is 2.71. The molecule has 1 aliphatic heterocycles. The molecular weight excluding hydrogens is 224 g/mol. The van der Waals surface area contributed by atoms with Crippen LogP contribution in [0.1, 0.15) is 25.7 Å². The Balaban J connectivity index is 2.05. The molecule has 0 aromatic heterocycles. The predicted molar refractivity (Wildman–Crippen MR) is 63.9 cm³/mol. The maximum absolute atomic E-state index is 10.7. The van der Waals surface area contributed by atoms with Crippen molar-refractivity contribution in [2.45, 2.75) is 37.1 Å². The lowest BCUT2D eigenvalue weighted by Crippen LogP contribution is -2.42. The van der Waals surface area contributed by atoms with Gasteiger partial charge in [0.25, 0.3) is 0 Å². The van der Waals surface area contributed by atoms with Crippen LogP contribution in [-0.2, 0) is 14.3 Å². The fourth-order valence-corrected chi connectivity index (χ4v) is 3.57. The van der Waals surface area contributed by atoms with Crippen LogP contribution in [-0.4, -0.2) is 39.2 Å². The van der Waals surface area contributed by atoms with E-state index >= 15 is 0 Å². The minimum atomic E-state index is -0.805. The molecule has 0 aromatic carbocycles. The number of rotatable bonds is 6. The third-order valence-corrected chi connectivity index (χ3v) is 4.90. The molecule has 0 aliphatic carbocycles. The van der Waals surface area contributed by atoms with Gasteiger partial charge in [0.15, 0.2) is 0 Å². The Hall–Kier alpha value is -0.653. The quantitative estimate of drug-likeness (QED) is 0.321. The first kappa shape index (κ1) is 13.4. The lowest BCUT2D eigenvalue weighted by molar-refractivity contribution is -0.164. The van der Waals surface area contributed by atoms with Gasteiger partial charge in [0.2, 0.25) is 0 Å². The molecule has 1 saturated heterocycles. The molecule has 92 valence electrons.